The lowest BCUT2D eigenvalue weighted by Crippen LogP contribution is -2.42. The van der Waals surface area contributed by atoms with Crippen molar-refractivity contribution < 1.29 is 9.53 Å². The SMILES string of the molecule is CCC(CC)N1C(=O)C(C)(C)c2c1cc(C)nc2Oc1c(C)cc(C)cc1C. The van der Waals surface area contributed by atoms with Gasteiger partial charge in [0.2, 0.25) is 11.8 Å². The number of rotatable bonds is 5. The first-order valence-corrected chi connectivity index (χ1v) is 10.2. The molecule has 0 aliphatic carbocycles. The van der Waals surface area contributed by atoms with Gasteiger partial charge < -0.3 is 9.64 Å². The molecule has 1 aromatic heterocycles. The molecule has 2 heterocycles. The van der Waals surface area contributed by atoms with Gasteiger partial charge in [-0.15, -0.1) is 0 Å². The van der Waals surface area contributed by atoms with Crippen molar-refractivity contribution in [2.75, 3.05) is 4.90 Å². The van der Waals surface area contributed by atoms with Crippen molar-refractivity contribution in [1.29, 1.82) is 0 Å². The summed E-state index contributed by atoms with van der Waals surface area (Å²) >= 11 is 0. The molecular formula is C24H32N2O2. The molecule has 1 aliphatic rings. The summed E-state index contributed by atoms with van der Waals surface area (Å²) in [5.41, 5.74) is 5.41. The van der Waals surface area contributed by atoms with E-state index < -0.39 is 5.41 Å². The molecule has 0 unspecified atom stereocenters. The predicted molar refractivity (Wildman–Crippen MR) is 115 cm³/mol. The molecule has 1 aromatic carbocycles. The fourth-order valence-electron chi connectivity index (χ4n) is 4.44. The van der Waals surface area contributed by atoms with Gasteiger partial charge in [0.05, 0.1) is 16.7 Å². The number of carbonyl (C=O) groups excluding carboxylic acids is 1. The van der Waals surface area contributed by atoms with E-state index in [4.69, 9.17) is 9.72 Å². The number of carbonyl (C=O) groups is 1. The van der Waals surface area contributed by atoms with Crippen LogP contribution in [0.2, 0.25) is 0 Å². The number of amides is 1. The average Bonchev–Trinajstić information content (AvgIpc) is 2.79. The second kappa shape index (κ2) is 7.23. The van der Waals surface area contributed by atoms with Gasteiger partial charge in [-0.3, -0.25) is 4.79 Å². The minimum Gasteiger partial charge on any atom is -0.438 e. The van der Waals surface area contributed by atoms with E-state index in [-0.39, 0.29) is 11.9 Å². The summed E-state index contributed by atoms with van der Waals surface area (Å²) in [4.78, 5) is 20.1. The number of fused-ring (bicyclic) bond motifs is 1. The van der Waals surface area contributed by atoms with Crippen molar-refractivity contribution in [3.05, 3.63) is 46.1 Å². The monoisotopic (exact) mass is 380 g/mol. The first kappa shape index (κ1) is 20.4. The predicted octanol–water partition coefficient (Wildman–Crippen LogP) is 5.92. The first-order chi connectivity index (χ1) is 13.1. The summed E-state index contributed by atoms with van der Waals surface area (Å²) in [6, 6.07) is 6.45. The van der Waals surface area contributed by atoms with Crippen LogP contribution in [0.4, 0.5) is 5.69 Å². The summed E-state index contributed by atoms with van der Waals surface area (Å²) in [5, 5.41) is 0. The van der Waals surface area contributed by atoms with Gasteiger partial charge in [0.25, 0.3) is 0 Å². The van der Waals surface area contributed by atoms with Gasteiger partial charge in [-0.1, -0.05) is 31.5 Å². The highest BCUT2D eigenvalue weighted by atomic mass is 16.5. The van der Waals surface area contributed by atoms with Crippen molar-refractivity contribution >= 4 is 11.6 Å². The Morgan fingerprint density at radius 1 is 1.04 bits per heavy atom. The van der Waals surface area contributed by atoms with Gasteiger partial charge in [0.1, 0.15) is 5.75 Å². The second-order valence-electron chi connectivity index (χ2n) is 8.56. The van der Waals surface area contributed by atoms with Crippen LogP contribution in [0.25, 0.3) is 0 Å². The van der Waals surface area contributed by atoms with E-state index >= 15 is 0 Å². The molecule has 150 valence electrons. The summed E-state index contributed by atoms with van der Waals surface area (Å²) in [7, 11) is 0. The molecule has 0 spiro atoms. The summed E-state index contributed by atoms with van der Waals surface area (Å²) in [5.74, 6) is 1.51. The van der Waals surface area contributed by atoms with Crippen LogP contribution < -0.4 is 9.64 Å². The molecule has 4 nitrogen and oxygen atoms in total. The number of nitrogens with zero attached hydrogens (tertiary/aromatic N) is 2. The highest BCUT2D eigenvalue weighted by molar-refractivity contribution is 6.08. The quantitative estimate of drug-likeness (QED) is 0.646. The van der Waals surface area contributed by atoms with E-state index in [1.165, 1.54) is 5.56 Å². The van der Waals surface area contributed by atoms with Crippen molar-refractivity contribution in [2.45, 2.75) is 79.7 Å². The topological polar surface area (TPSA) is 42.4 Å². The van der Waals surface area contributed by atoms with E-state index in [1.54, 1.807) is 0 Å². The van der Waals surface area contributed by atoms with Crippen LogP contribution >= 0.6 is 0 Å². The van der Waals surface area contributed by atoms with Crippen LogP contribution in [-0.4, -0.2) is 16.9 Å². The van der Waals surface area contributed by atoms with Crippen LogP contribution in [0, 0.1) is 27.7 Å². The third kappa shape index (κ3) is 3.19. The normalized spacial score (nSPS) is 15.3. The Morgan fingerprint density at radius 3 is 2.14 bits per heavy atom. The Kier molecular flexibility index (Phi) is 5.26. The molecule has 0 atom stereocenters. The van der Waals surface area contributed by atoms with Crippen LogP contribution in [0.15, 0.2) is 18.2 Å². The minimum atomic E-state index is -0.666. The van der Waals surface area contributed by atoms with Gasteiger partial charge in [-0.05, 0) is 71.6 Å². The maximum Gasteiger partial charge on any atom is 0.237 e. The fourth-order valence-corrected chi connectivity index (χ4v) is 4.44. The Bertz CT molecular complexity index is 903. The molecule has 0 saturated carbocycles. The van der Waals surface area contributed by atoms with Gasteiger partial charge in [0.15, 0.2) is 0 Å². The maximum absolute atomic E-state index is 13.4. The van der Waals surface area contributed by atoms with Crippen LogP contribution in [0.5, 0.6) is 11.6 Å². The van der Waals surface area contributed by atoms with Crippen molar-refractivity contribution in [3.63, 3.8) is 0 Å². The summed E-state index contributed by atoms with van der Waals surface area (Å²) in [6.07, 6.45) is 1.84. The number of hydrogen-bond donors (Lipinski definition) is 0. The Morgan fingerprint density at radius 2 is 1.61 bits per heavy atom. The molecule has 0 fully saturated rings. The lowest BCUT2D eigenvalue weighted by Gasteiger charge is -2.28. The molecular weight excluding hydrogens is 348 g/mol. The van der Waals surface area contributed by atoms with E-state index in [0.29, 0.717) is 5.88 Å². The van der Waals surface area contributed by atoms with E-state index in [2.05, 4.69) is 46.8 Å². The minimum absolute atomic E-state index is 0.130. The smallest absolute Gasteiger partial charge is 0.237 e. The molecule has 0 bridgehead atoms. The van der Waals surface area contributed by atoms with Crippen LogP contribution in [0.3, 0.4) is 0 Å². The number of hydrogen-bond acceptors (Lipinski definition) is 3. The lowest BCUT2D eigenvalue weighted by molar-refractivity contribution is -0.122. The van der Waals surface area contributed by atoms with Crippen LogP contribution in [-0.2, 0) is 10.2 Å². The fraction of sp³-hybridized carbons (Fsp3) is 0.500. The molecule has 2 aromatic rings. The molecule has 0 N–H and O–H groups in total. The third-order valence-electron chi connectivity index (χ3n) is 5.84. The lowest BCUT2D eigenvalue weighted by atomic mass is 9.86. The number of aryl methyl sites for hydroxylation is 4. The maximum atomic E-state index is 13.4. The van der Waals surface area contributed by atoms with Gasteiger partial charge in [-0.25, -0.2) is 4.98 Å². The van der Waals surface area contributed by atoms with E-state index in [9.17, 15) is 4.79 Å². The van der Waals surface area contributed by atoms with E-state index in [1.807, 2.05) is 31.7 Å². The molecule has 0 saturated heterocycles. The summed E-state index contributed by atoms with van der Waals surface area (Å²) in [6.45, 7) is 16.4. The van der Waals surface area contributed by atoms with Gasteiger partial charge in [-0.2, -0.15) is 0 Å². The third-order valence-corrected chi connectivity index (χ3v) is 5.84. The number of anilines is 1. The molecule has 1 amide bonds. The molecule has 28 heavy (non-hydrogen) atoms. The molecule has 1 aliphatic heterocycles. The highest BCUT2D eigenvalue weighted by Gasteiger charge is 2.48. The molecule has 4 heteroatoms. The molecule has 3 rings (SSSR count). The largest absolute Gasteiger partial charge is 0.438 e. The first-order valence-electron chi connectivity index (χ1n) is 10.2. The number of pyridine rings is 1. The number of aromatic nitrogens is 1. The Balaban J connectivity index is 2.19. The van der Waals surface area contributed by atoms with Crippen molar-refractivity contribution in [3.8, 4) is 11.6 Å². The van der Waals surface area contributed by atoms with Crippen molar-refractivity contribution in [2.24, 2.45) is 0 Å². The standard InChI is InChI=1S/C24H32N2O2/c1-9-18(10-2)26-19-13-17(6)25-22(20(19)24(7,8)23(26)27)28-21-15(4)11-14(3)12-16(21)5/h11-13,18H,9-10H2,1-8H3. The van der Waals surface area contributed by atoms with Gasteiger partial charge >= 0.3 is 0 Å². The zero-order valence-corrected chi connectivity index (χ0v) is 18.4. The number of ether oxygens (including phenoxy) is 1. The Hall–Kier alpha value is -2.36. The number of benzene rings is 1. The second-order valence-corrected chi connectivity index (χ2v) is 8.56. The van der Waals surface area contributed by atoms with E-state index in [0.717, 1.165) is 46.7 Å². The zero-order chi connectivity index (χ0) is 20.8. The molecule has 0 radical (unpaired) electrons. The van der Waals surface area contributed by atoms with Crippen molar-refractivity contribution in [1.82, 2.24) is 4.98 Å². The zero-order valence-electron chi connectivity index (χ0n) is 18.4. The highest BCUT2D eigenvalue weighted by Crippen LogP contribution is 2.49. The average molecular weight is 381 g/mol. The van der Waals surface area contributed by atoms with Crippen LogP contribution in [0.1, 0.15) is 68.5 Å². The van der Waals surface area contributed by atoms with Gasteiger partial charge in [0, 0.05) is 11.7 Å². The Labute approximate surface area is 168 Å². The summed E-state index contributed by atoms with van der Waals surface area (Å²) < 4.78 is 6.41.